The molecule has 1 aliphatic rings. The summed E-state index contributed by atoms with van der Waals surface area (Å²) in [6, 6.07) is 13.9. The molecule has 2 heterocycles. The third-order valence-electron chi connectivity index (χ3n) is 5.36. The molecule has 0 spiro atoms. The Morgan fingerprint density at radius 3 is 2.57 bits per heavy atom. The Balaban J connectivity index is 1.64. The standard InChI is InChI=1S/C23H24Cl2N2O2S/c1-26(2)16-10-8-15(9-11-16)13-27(14-17-5-4-12-29-17)23(28)22-21(25)20-18(24)6-3-7-19(20)30-22/h3,6-11,17H,4-5,12-14H2,1-2H3. The molecule has 0 radical (unpaired) electrons. The summed E-state index contributed by atoms with van der Waals surface area (Å²) in [6.07, 6.45) is 2.06. The van der Waals surface area contributed by atoms with Gasteiger partial charge in [-0.1, -0.05) is 41.4 Å². The van der Waals surface area contributed by atoms with E-state index >= 15 is 0 Å². The Kier molecular flexibility index (Phi) is 6.54. The molecule has 2 aromatic carbocycles. The number of rotatable bonds is 6. The Hall–Kier alpha value is -1.79. The maximum absolute atomic E-state index is 13.6. The molecule has 0 bridgehead atoms. The van der Waals surface area contributed by atoms with Gasteiger partial charge in [-0.2, -0.15) is 0 Å². The molecule has 4 rings (SSSR count). The number of carbonyl (C=O) groups is 1. The predicted octanol–water partition coefficient (Wildman–Crippen LogP) is 6.10. The van der Waals surface area contributed by atoms with Gasteiger partial charge in [-0.25, -0.2) is 0 Å². The number of hydrogen-bond acceptors (Lipinski definition) is 4. The molecular weight excluding hydrogens is 439 g/mol. The van der Waals surface area contributed by atoms with Gasteiger partial charge in [-0.15, -0.1) is 11.3 Å². The first-order chi connectivity index (χ1) is 14.4. The fourth-order valence-corrected chi connectivity index (χ4v) is 5.64. The molecule has 0 aliphatic carbocycles. The molecule has 1 fully saturated rings. The molecule has 0 saturated carbocycles. The van der Waals surface area contributed by atoms with Crippen LogP contribution < -0.4 is 4.90 Å². The van der Waals surface area contributed by atoms with Crippen LogP contribution in [0.5, 0.6) is 0 Å². The molecule has 1 amide bonds. The number of fused-ring (bicyclic) bond motifs is 1. The third kappa shape index (κ3) is 4.45. The third-order valence-corrected chi connectivity index (χ3v) is 7.31. The van der Waals surface area contributed by atoms with Crippen molar-refractivity contribution in [1.82, 2.24) is 4.90 Å². The Labute approximate surface area is 190 Å². The van der Waals surface area contributed by atoms with E-state index in [1.54, 1.807) is 6.07 Å². The lowest BCUT2D eigenvalue weighted by Crippen LogP contribution is -2.36. The molecule has 4 nitrogen and oxygen atoms in total. The van der Waals surface area contributed by atoms with Crippen molar-refractivity contribution in [3.8, 4) is 0 Å². The van der Waals surface area contributed by atoms with E-state index in [0.717, 1.165) is 40.8 Å². The summed E-state index contributed by atoms with van der Waals surface area (Å²) < 4.78 is 6.73. The Bertz CT molecular complexity index is 1040. The second-order valence-electron chi connectivity index (χ2n) is 7.74. The Morgan fingerprint density at radius 1 is 1.17 bits per heavy atom. The molecule has 30 heavy (non-hydrogen) atoms. The second-order valence-corrected chi connectivity index (χ2v) is 9.58. The van der Waals surface area contributed by atoms with Gasteiger partial charge in [0.1, 0.15) is 4.88 Å². The fraction of sp³-hybridized carbons (Fsp3) is 0.348. The van der Waals surface area contributed by atoms with Crippen LogP contribution in [0.4, 0.5) is 5.69 Å². The summed E-state index contributed by atoms with van der Waals surface area (Å²) in [4.78, 5) is 18.0. The van der Waals surface area contributed by atoms with Gasteiger partial charge in [0.05, 0.1) is 16.1 Å². The zero-order chi connectivity index (χ0) is 21.3. The largest absolute Gasteiger partial charge is 0.378 e. The SMILES string of the molecule is CN(C)c1ccc(CN(CC2CCCO2)C(=O)c2sc3cccc(Cl)c3c2Cl)cc1. The van der Waals surface area contributed by atoms with Crippen LogP contribution in [0.15, 0.2) is 42.5 Å². The summed E-state index contributed by atoms with van der Waals surface area (Å²) in [6.45, 7) is 1.81. The lowest BCUT2D eigenvalue weighted by atomic mass is 10.1. The molecule has 7 heteroatoms. The minimum absolute atomic E-state index is 0.0618. The number of halogens is 2. The number of ether oxygens (including phenoxy) is 1. The van der Waals surface area contributed by atoms with E-state index in [9.17, 15) is 4.79 Å². The van der Waals surface area contributed by atoms with Crippen molar-refractivity contribution in [1.29, 1.82) is 0 Å². The molecule has 1 atom stereocenters. The normalized spacial score (nSPS) is 16.2. The highest BCUT2D eigenvalue weighted by Crippen LogP contribution is 2.40. The average Bonchev–Trinajstić information content (AvgIpc) is 3.36. The summed E-state index contributed by atoms with van der Waals surface area (Å²) in [5.41, 5.74) is 2.19. The number of amides is 1. The topological polar surface area (TPSA) is 32.8 Å². The van der Waals surface area contributed by atoms with Crippen molar-refractivity contribution in [3.05, 3.63) is 63.0 Å². The van der Waals surface area contributed by atoms with E-state index in [1.165, 1.54) is 11.3 Å². The van der Waals surface area contributed by atoms with Crippen LogP contribution in [0.2, 0.25) is 10.0 Å². The van der Waals surface area contributed by atoms with E-state index in [0.29, 0.717) is 28.0 Å². The van der Waals surface area contributed by atoms with Gasteiger partial charge in [0.15, 0.2) is 0 Å². The maximum atomic E-state index is 13.6. The zero-order valence-electron chi connectivity index (χ0n) is 17.0. The van der Waals surface area contributed by atoms with Crippen LogP contribution in [-0.2, 0) is 11.3 Å². The number of nitrogens with zero attached hydrogens (tertiary/aromatic N) is 2. The monoisotopic (exact) mass is 462 g/mol. The summed E-state index contributed by atoms with van der Waals surface area (Å²) in [5, 5.41) is 1.75. The quantitative estimate of drug-likeness (QED) is 0.443. The van der Waals surface area contributed by atoms with E-state index < -0.39 is 0 Å². The van der Waals surface area contributed by atoms with Crippen molar-refractivity contribution >= 4 is 56.2 Å². The number of thiophene rings is 1. The highest BCUT2D eigenvalue weighted by molar-refractivity contribution is 7.21. The summed E-state index contributed by atoms with van der Waals surface area (Å²) in [5.74, 6) is -0.0792. The maximum Gasteiger partial charge on any atom is 0.265 e. The first kappa shape index (κ1) is 21.4. The minimum Gasteiger partial charge on any atom is -0.378 e. The average molecular weight is 463 g/mol. The molecule has 1 aromatic heterocycles. The van der Waals surface area contributed by atoms with Gasteiger partial charge in [-0.05, 0) is 42.7 Å². The predicted molar refractivity (Wildman–Crippen MR) is 126 cm³/mol. The van der Waals surface area contributed by atoms with Crippen molar-refractivity contribution in [3.63, 3.8) is 0 Å². The lowest BCUT2D eigenvalue weighted by molar-refractivity contribution is 0.0511. The summed E-state index contributed by atoms with van der Waals surface area (Å²) in [7, 11) is 4.02. The molecule has 158 valence electrons. The molecular formula is C23H24Cl2N2O2S. The Morgan fingerprint density at radius 2 is 1.93 bits per heavy atom. The fourth-order valence-electron chi connectivity index (χ4n) is 3.73. The van der Waals surface area contributed by atoms with Gasteiger partial charge >= 0.3 is 0 Å². The van der Waals surface area contributed by atoms with Gasteiger partial charge in [0, 0.05) is 49.6 Å². The zero-order valence-corrected chi connectivity index (χ0v) is 19.4. The van der Waals surface area contributed by atoms with Gasteiger partial charge in [-0.3, -0.25) is 4.79 Å². The van der Waals surface area contributed by atoms with Crippen LogP contribution in [0.3, 0.4) is 0 Å². The van der Waals surface area contributed by atoms with E-state index in [1.807, 2.05) is 31.1 Å². The van der Waals surface area contributed by atoms with Crippen LogP contribution in [0.25, 0.3) is 10.1 Å². The highest BCUT2D eigenvalue weighted by Gasteiger charge is 2.27. The lowest BCUT2D eigenvalue weighted by Gasteiger charge is -2.25. The van der Waals surface area contributed by atoms with Crippen LogP contribution in [0.1, 0.15) is 28.1 Å². The molecule has 0 N–H and O–H groups in total. The smallest absolute Gasteiger partial charge is 0.265 e. The number of carbonyl (C=O) groups excluding carboxylic acids is 1. The molecule has 1 aliphatic heterocycles. The van der Waals surface area contributed by atoms with Gasteiger partial charge < -0.3 is 14.5 Å². The van der Waals surface area contributed by atoms with Crippen LogP contribution in [0, 0.1) is 0 Å². The van der Waals surface area contributed by atoms with E-state index in [4.69, 9.17) is 27.9 Å². The first-order valence-electron chi connectivity index (χ1n) is 9.97. The van der Waals surface area contributed by atoms with Gasteiger partial charge in [0.2, 0.25) is 0 Å². The van der Waals surface area contributed by atoms with Crippen molar-refractivity contribution < 1.29 is 9.53 Å². The van der Waals surface area contributed by atoms with Crippen LogP contribution in [-0.4, -0.2) is 44.2 Å². The molecule has 3 aromatic rings. The second kappa shape index (κ2) is 9.15. The van der Waals surface area contributed by atoms with Crippen molar-refractivity contribution in [2.75, 3.05) is 32.1 Å². The van der Waals surface area contributed by atoms with Crippen molar-refractivity contribution in [2.24, 2.45) is 0 Å². The van der Waals surface area contributed by atoms with E-state index in [2.05, 4.69) is 29.2 Å². The number of anilines is 1. The first-order valence-corrected chi connectivity index (χ1v) is 11.5. The van der Waals surface area contributed by atoms with Crippen LogP contribution >= 0.6 is 34.5 Å². The highest BCUT2D eigenvalue weighted by atomic mass is 35.5. The number of hydrogen-bond donors (Lipinski definition) is 0. The molecule has 1 saturated heterocycles. The van der Waals surface area contributed by atoms with E-state index in [-0.39, 0.29) is 12.0 Å². The summed E-state index contributed by atoms with van der Waals surface area (Å²) >= 11 is 14.4. The van der Waals surface area contributed by atoms with Gasteiger partial charge in [0.25, 0.3) is 5.91 Å². The van der Waals surface area contributed by atoms with Crippen molar-refractivity contribution in [2.45, 2.75) is 25.5 Å². The molecule has 1 unspecified atom stereocenters. The number of benzene rings is 2. The minimum atomic E-state index is -0.0792.